The zero-order valence-corrected chi connectivity index (χ0v) is 12.7. The molecule has 17 heavy (non-hydrogen) atoms. The van der Waals surface area contributed by atoms with Gasteiger partial charge in [0.1, 0.15) is 5.41 Å². The van der Waals surface area contributed by atoms with E-state index in [1.165, 1.54) is 0 Å². The van der Waals surface area contributed by atoms with E-state index in [-0.39, 0.29) is 29.6 Å². The Hall–Kier alpha value is -0.650. The fraction of sp³-hybridized carbons (Fsp3) is 0.545. The van der Waals surface area contributed by atoms with Gasteiger partial charge in [0.25, 0.3) is 0 Å². The number of carbonyl (C=O) groups excluding carboxylic acids is 3. The number of hydrogen-bond acceptors (Lipinski definition) is 3. The second kappa shape index (κ2) is 6.33. The van der Waals surface area contributed by atoms with E-state index in [2.05, 4.69) is 10.6 Å². The van der Waals surface area contributed by atoms with Crippen LogP contribution in [-0.4, -0.2) is 17.8 Å². The number of rotatable bonds is 3. The van der Waals surface area contributed by atoms with Gasteiger partial charge < -0.3 is 0 Å². The quantitative estimate of drug-likeness (QED) is 0.348. The van der Waals surface area contributed by atoms with Crippen LogP contribution >= 0.6 is 0 Å². The van der Waals surface area contributed by atoms with Crippen LogP contribution in [0.5, 0.6) is 0 Å². The minimum Gasteiger partial charge on any atom is -0.277 e. The summed E-state index contributed by atoms with van der Waals surface area (Å²) in [6.45, 7) is 5.42. The molecule has 1 saturated heterocycles. The molecule has 2 N–H and O–H groups in total. The van der Waals surface area contributed by atoms with Crippen molar-refractivity contribution in [3.8, 4) is 0 Å². The Morgan fingerprint density at radius 1 is 1.18 bits per heavy atom. The van der Waals surface area contributed by atoms with Crippen LogP contribution in [-0.2, 0) is 9.59 Å². The average molecular weight is 247 g/mol. The smallest absolute Gasteiger partial charge is 0.277 e. The third kappa shape index (κ3) is 2.78. The van der Waals surface area contributed by atoms with Gasteiger partial charge in [0.05, 0.1) is 0 Å². The Balaban J connectivity index is 0.00000256. The van der Waals surface area contributed by atoms with E-state index in [1.54, 1.807) is 13.8 Å². The van der Waals surface area contributed by atoms with E-state index >= 15 is 0 Å². The van der Waals surface area contributed by atoms with Gasteiger partial charge in [0.15, 0.2) is 0 Å². The SMILES string of the molecule is CCC=C(C)C1(CC)C(=O)NC(=O)NC1=O.[Na+]. The van der Waals surface area contributed by atoms with Crippen molar-refractivity contribution in [2.45, 2.75) is 33.6 Å². The summed E-state index contributed by atoms with van der Waals surface area (Å²) in [5.41, 5.74) is -0.552. The molecule has 0 aromatic heterocycles. The van der Waals surface area contributed by atoms with Crippen molar-refractivity contribution in [1.82, 2.24) is 10.6 Å². The van der Waals surface area contributed by atoms with E-state index in [0.717, 1.165) is 6.42 Å². The fourth-order valence-electron chi connectivity index (χ4n) is 1.99. The van der Waals surface area contributed by atoms with Crippen LogP contribution in [0, 0.1) is 5.41 Å². The van der Waals surface area contributed by atoms with Crippen molar-refractivity contribution in [3.63, 3.8) is 0 Å². The van der Waals surface area contributed by atoms with Crippen molar-refractivity contribution in [2.24, 2.45) is 5.41 Å². The molecule has 6 heteroatoms. The second-order valence-corrected chi connectivity index (χ2v) is 3.79. The second-order valence-electron chi connectivity index (χ2n) is 3.79. The summed E-state index contributed by atoms with van der Waals surface area (Å²) < 4.78 is 0. The van der Waals surface area contributed by atoms with Crippen molar-refractivity contribution in [1.29, 1.82) is 0 Å². The molecule has 0 bridgehead atoms. The van der Waals surface area contributed by atoms with Gasteiger partial charge in [-0.1, -0.05) is 25.5 Å². The van der Waals surface area contributed by atoms with Crippen LogP contribution in [0.3, 0.4) is 0 Å². The number of hydrogen-bond donors (Lipinski definition) is 2. The zero-order chi connectivity index (χ0) is 12.3. The molecule has 1 aliphatic rings. The van der Waals surface area contributed by atoms with Crippen molar-refractivity contribution >= 4 is 17.8 Å². The Labute approximate surface area is 123 Å². The number of allylic oxidation sites excluding steroid dienone is 1. The molecule has 88 valence electrons. The molecule has 1 heterocycles. The van der Waals surface area contributed by atoms with Crippen LogP contribution in [0.4, 0.5) is 4.79 Å². The number of barbiturate groups is 1. The van der Waals surface area contributed by atoms with Gasteiger partial charge in [-0.15, -0.1) is 0 Å². The molecular weight excluding hydrogens is 231 g/mol. The summed E-state index contributed by atoms with van der Waals surface area (Å²) in [5, 5.41) is 4.28. The van der Waals surface area contributed by atoms with Gasteiger partial charge in [-0.25, -0.2) is 4.79 Å². The number of amides is 4. The van der Waals surface area contributed by atoms with E-state index < -0.39 is 23.3 Å². The molecule has 0 atom stereocenters. The molecule has 4 amide bonds. The number of nitrogens with one attached hydrogen (secondary N) is 2. The van der Waals surface area contributed by atoms with Crippen LogP contribution in [0.1, 0.15) is 33.6 Å². The van der Waals surface area contributed by atoms with Crippen LogP contribution in [0.15, 0.2) is 11.6 Å². The molecular formula is C11H16N2NaO3+. The minimum atomic E-state index is -1.23. The maximum Gasteiger partial charge on any atom is 1.00 e. The Morgan fingerprint density at radius 3 is 2.00 bits per heavy atom. The van der Waals surface area contributed by atoms with Gasteiger partial charge in [-0.2, -0.15) is 0 Å². The predicted octanol–water partition coefficient (Wildman–Crippen LogP) is -1.89. The normalized spacial score (nSPS) is 19.2. The third-order valence-corrected chi connectivity index (χ3v) is 2.94. The minimum absolute atomic E-state index is 0. The van der Waals surface area contributed by atoms with E-state index in [4.69, 9.17) is 0 Å². The maximum atomic E-state index is 11.9. The summed E-state index contributed by atoms with van der Waals surface area (Å²) in [5.74, 6) is -1.07. The number of carbonyl (C=O) groups is 3. The van der Waals surface area contributed by atoms with Gasteiger partial charge in [0.2, 0.25) is 11.8 Å². The summed E-state index contributed by atoms with van der Waals surface area (Å²) in [6.07, 6.45) is 2.90. The van der Waals surface area contributed by atoms with Crippen LogP contribution in [0.2, 0.25) is 0 Å². The number of urea groups is 1. The number of imide groups is 2. The molecule has 0 aromatic carbocycles. The predicted molar refractivity (Wildman–Crippen MR) is 58.5 cm³/mol. The van der Waals surface area contributed by atoms with Crippen molar-refractivity contribution in [3.05, 3.63) is 11.6 Å². The van der Waals surface area contributed by atoms with Gasteiger partial charge in [0, 0.05) is 0 Å². The Bertz CT molecular complexity index is 357. The topological polar surface area (TPSA) is 75.3 Å². The Morgan fingerprint density at radius 2 is 1.65 bits per heavy atom. The summed E-state index contributed by atoms with van der Waals surface area (Å²) in [7, 11) is 0. The molecule has 0 spiro atoms. The molecule has 0 radical (unpaired) electrons. The van der Waals surface area contributed by atoms with Crippen molar-refractivity contribution < 1.29 is 43.9 Å². The van der Waals surface area contributed by atoms with Crippen molar-refractivity contribution in [2.75, 3.05) is 0 Å². The summed E-state index contributed by atoms with van der Waals surface area (Å²) in [6, 6.07) is -0.747. The first-order valence-corrected chi connectivity index (χ1v) is 5.33. The Kier molecular flexibility index (Phi) is 6.09. The molecule has 1 aliphatic heterocycles. The van der Waals surface area contributed by atoms with Gasteiger partial charge in [-0.3, -0.25) is 20.2 Å². The summed E-state index contributed by atoms with van der Waals surface area (Å²) in [4.78, 5) is 34.7. The van der Waals surface area contributed by atoms with Gasteiger partial charge in [-0.05, 0) is 19.8 Å². The zero-order valence-electron chi connectivity index (χ0n) is 10.7. The molecule has 0 unspecified atom stereocenters. The van der Waals surface area contributed by atoms with Crippen LogP contribution < -0.4 is 40.2 Å². The average Bonchev–Trinajstić information content (AvgIpc) is 2.18. The van der Waals surface area contributed by atoms with E-state index in [0.29, 0.717) is 12.0 Å². The standard InChI is InChI=1S/C11H16N2O3.Na/c1-4-6-7(3)11(5-2)8(14)12-10(16)13-9(11)15;/h6H,4-5H2,1-3H3,(H2,12,13,14,15,16);/q;+1. The monoisotopic (exact) mass is 247 g/mol. The fourth-order valence-corrected chi connectivity index (χ4v) is 1.99. The first-order valence-electron chi connectivity index (χ1n) is 5.33. The molecule has 1 rings (SSSR count). The molecule has 5 nitrogen and oxygen atoms in total. The largest absolute Gasteiger partial charge is 1.00 e. The van der Waals surface area contributed by atoms with Crippen LogP contribution in [0.25, 0.3) is 0 Å². The van der Waals surface area contributed by atoms with Gasteiger partial charge >= 0.3 is 35.6 Å². The first kappa shape index (κ1) is 16.4. The summed E-state index contributed by atoms with van der Waals surface area (Å²) >= 11 is 0. The molecule has 0 aromatic rings. The first-order chi connectivity index (χ1) is 7.48. The molecule has 1 fully saturated rings. The molecule has 0 saturated carbocycles. The molecule has 0 aliphatic carbocycles. The maximum absolute atomic E-state index is 11.9. The van der Waals surface area contributed by atoms with E-state index in [1.807, 2.05) is 13.0 Å². The van der Waals surface area contributed by atoms with E-state index in [9.17, 15) is 14.4 Å². The third-order valence-electron chi connectivity index (χ3n) is 2.94.